The lowest BCUT2D eigenvalue weighted by atomic mass is 10.0. The Kier molecular flexibility index (Phi) is 4.05. The Morgan fingerprint density at radius 3 is 2.72 bits per heavy atom. The van der Waals surface area contributed by atoms with E-state index in [2.05, 4.69) is 12.1 Å². The summed E-state index contributed by atoms with van der Waals surface area (Å²) in [4.78, 5) is 10.8. The van der Waals surface area contributed by atoms with Crippen molar-refractivity contribution in [3.63, 3.8) is 0 Å². The number of hydrogen-bond acceptors (Lipinski definition) is 3. The van der Waals surface area contributed by atoms with Crippen LogP contribution in [0.2, 0.25) is 0 Å². The molecular formula is C15H15NOS. The Hall–Kier alpha value is -1.74. The molecule has 0 aliphatic rings. The molecule has 0 fully saturated rings. The van der Waals surface area contributed by atoms with Crippen molar-refractivity contribution in [2.45, 2.75) is 6.92 Å². The molecule has 0 aliphatic heterocycles. The number of hydrogen-bond donors (Lipinski definition) is 1. The number of carbonyl (C=O) groups excluding carboxylic acids is 1. The first-order chi connectivity index (χ1) is 8.68. The highest BCUT2D eigenvalue weighted by Crippen LogP contribution is 2.24. The number of thioether (sulfide) groups is 1. The fourth-order valence-electron chi connectivity index (χ4n) is 1.84. The Morgan fingerprint density at radius 2 is 1.94 bits per heavy atom. The molecule has 2 aromatic rings. The van der Waals surface area contributed by atoms with E-state index in [1.807, 2.05) is 36.4 Å². The summed E-state index contributed by atoms with van der Waals surface area (Å²) in [5, 5.41) is 2.35. The Labute approximate surface area is 111 Å². The largest absolute Gasteiger partial charge is 0.398 e. The van der Waals surface area contributed by atoms with E-state index in [1.54, 1.807) is 6.92 Å². The average Bonchev–Trinajstić information content (AvgIpc) is 2.35. The van der Waals surface area contributed by atoms with Crippen LogP contribution in [0.5, 0.6) is 0 Å². The van der Waals surface area contributed by atoms with Crippen molar-refractivity contribution in [3.8, 4) is 0 Å². The fourth-order valence-corrected chi connectivity index (χ4v) is 2.27. The smallest absolute Gasteiger partial charge is 0.186 e. The lowest BCUT2D eigenvalue weighted by Crippen LogP contribution is -1.87. The van der Waals surface area contributed by atoms with Gasteiger partial charge in [0.05, 0.1) is 0 Å². The highest BCUT2D eigenvalue weighted by Gasteiger charge is 2.00. The minimum Gasteiger partial charge on any atom is -0.398 e. The summed E-state index contributed by atoms with van der Waals surface area (Å²) in [6.45, 7) is 1.58. The van der Waals surface area contributed by atoms with Gasteiger partial charge in [0.1, 0.15) is 0 Å². The van der Waals surface area contributed by atoms with Crippen LogP contribution >= 0.6 is 11.8 Å². The van der Waals surface area contributed by atoms with Gasteiger partial charge < -0.3 is 5.73 Å². The molecule has 0 amide bonds. The van der Waals surface area contributed by atoms with Crippen LogP contribution in [0.25, 0.3) is 16.8 Å². The molecule has 2 aromatic carbocycles. The SMILES string of the molecule is CC(=O)SCC=Cc1cccc2c(N)cccc12. The van der Waals surface area contributed by atoms with Crippen molar-refractivity contribution in [2.24, 2.45) is 0 Å². The predicted octanol–water partition coefficient (Wildman–Crippen LogP) is 3.71. The zero-order valence-electron chi connectivity index (χ0n) is 10.2. The van der Waals surface area contributed by atoms with E-state index < -0.39 is 0 Å². The maximum Gasteiger partial charge on any atom is 0.186 e. The molecule has 2 N–H and O–H groups in total. The van der Waals surface area contributed by atoms with E-state index in [1.165, 1.54) is 11.8 Å². The van der Waals surface area contributed by atoms with Crippen molar-refractivity contribution in [1.29, 1.82) is 0 Å². The first kappa shape index (κ1) is 12.7. The van der Waals surface area contributed by atoms with Crippen LogP contribution < -0.4 is 5.73 Å². The predicted molar refractivity (Wildman–Crippen MR) is 80.5 cm³/mol. The van der Waals surface area contributed by atoms with Gasteiger partial charge in [-0.3, -0.25) is 4.79 Å². The Morgan fingerprint density at radius 1 is 1.22 bits per heavy atom. The van der Waals surface area contributed by atoms with Gasteiger partial charge in [-0.1, -0.05) is 54.2 Å². The van der Waals surface area contributed by atoms with Gasteiger partial charge in [0.2, 0.25) is 0 Å². The first-order valence-corrected chi connectivity index (χ1v) is 6.74. The molecule has 0 unspecified atom stereocenters. The molecule has 0 aliphatic carbocycles. The lowest BCUT2D eigenvalue weighted by molar-refractivity contribution is -0.109. The highest BCUT2D eigenvalue weighted by atomic mass is 32.2. The molecule has 0 atom stereocenters. The van der Waals surface area contributed by atoms with E-state index in [-0.39, 0.29) is 5.12 Å². The minimum absolute atomic E-state index is 0.141. The van der Waals surface area contributed by atoms with E-state index in [0.29, 0.717) is 5.75 Å². The van der Waals surface area contributed by atoms with E-state index in [9.17, 15) is 4.79 Å². The third-order valence-corrected chi connectivity index (χ3v) is 3.44. The van der Waals surface area contributed by atoms with Crippen molar-refractivity contribution < 1.29 is 4.79 Å². The number of nitrogens with two attached hydrogens (primary N) is 1. The van der Waals surface area contributed by atoms with Gasteiger partial charge in [-0.05, 0) is 17.0 Å². The molecule has 0 bridgehead atoms. The van der Waals surface area contributed by atoms with Crippen LogP contribution in [-0.4, -0.2) is 10.9 Å². The van der Waals surface area contributed by atoms with Gasteiger partial charge >= 0.3 is 0 Å². The lowest BCUT2D eigenvalue weighted by Gasteiger charge is -2.04. The van der Waals surface area contributed by atoms with Gasteiger partial charge in [-0.2, -0.15) is 0 Å². The minimum atomic E-state index is 0.141. The molecular weight excluding hydrogens is 242 g/mol. The number of fused-ring (bicyclic) bond motifs is 1. The van der Waals surface area contributed by atoms with Crippen molar-refractivity contribution in [3.05, 3.63) is 48.0 Å². The summed E-state index contributed by atoms with van der Waals surface area (Å²) < 4.78 is 0. The molecule has 3 heteroatoms. The Bertz CT molecular complexity index is 604. The van der Waals surface area contributed by atoms with Crippen LogP contribution in [0.1, 0.15) is 12.5 Å². The molecule has 18 heavy (non-hydrogen) atoms. The van der Waals surface area contributed by atoms with Gasteiger partial charge in [-0.25, -0.2) is 0 Å². The second kappa shape index (κ2) is 5.74. The van der Waals surface area contributed by atoms with E-state index >= 15 is 0 Å². The van der Waals surface area contributed by atoms with E-state index in [0.717, 1.165) is 22.0 Å². The van der Waals surface area contributed by atoms with Crippen LogP contribution in [0, 0.1) is 0 Å². The zero-order valence-corrected chi connectivity index (χ0v) is 11.0. The summed E-state index contributed by atoms with van der Waals surface area (Å²) >= 11 is 1.31. The Balaban J connectivity index is 2.28. The highest BCUT2D eigenvalue weighted by molar-refractivity contribution is 8.13. The van der Waals surface area contributed by atoms with Crippen molar-refractivity contribution >= 4 is 39.4 Å². The number of nitrogen functional groups attached to an aromatic ring is 1. The molecule has 0 spiro atoms. The number of carbonyl (C=O) groups is 1. The second-order valence-electron chi connectivity index (χ2n) is 3.99. The van der Waals surface area contributed by atoms with Crippen molar-refractivity contribution in [2.75, 3.05) is 11.5 Å². The quantitative estimate of drug-likeness (QED) is 0.852. The normalized spacial score (nSPS) is 11.2. The number of benzene rings is 2. The van der Waals surface area contributed by atoms with Crippen LogP contribution in [0.4, 0.5) is 5.69 Å². The van der Waals surface area contributed by atoms with Gasteiger partial charge in [-0.15, -0.1) is 0 Å². The summed E-state index contributed by atoms with van der Waals surface area (Å²) in [5.41, 5.74) is 7.87. The summed E-state index contributed by atoms with van der Waals surface area (Å²) in [7, 11) is 0. The first-order valence-electron chi connectivity index (χ1n) is 5.75. The zero-order chi connectivity index (χ0) is 13.0. The molecule has 0 heterocycles. The third kappa shape index (κ3) is 2.93. The second-order valence-corrected chi connectivity index (χ2v) is 5.19. The molecule has 2 nitrogen and oxygen atoms in total. The number of rotatable bonds is 3. The maximum atomic E-state index is 10.8. The maximum absolute atomic E-state index is 10.8. The standard InChI is InChI=1S/C15H15NOS/c1-11(17)18-10-4-6-12-5-2-8-14-13(12)7-3-9-15(14)16/h2-9H,10,16H2,1H3. The van der Waals surface area contributed by atoms with Gasteiger partial charge in [0.15, 0.2) is 5.12 Å². The molecule has 0 radical (unpaired) electrons. The van der Waals surface area contributed by atoms with Crippen LogP contribution in [0.3, 0.4) is 0 Å². The summed E-state index contributed by atoms with van der Waals surface area (Å²) in [6, 6.07) is 12.0. The molecule has 0 saturated heterocycles. The molecule has 0 saturated carbocycles. The molecule has 92 valence electrons. The fraction of sp³-hybridized carbons (Fsp3) is 0.133. The third-order valence-electron chi connectivity index (χ3n) is 2.67. The van der Waals surface area contributed by atoms with Gasteiger partial charge in [0, 0.05) is 23.8 Å². The topological polar surface area (TPSA) is 43.1 Å². The molecule has 2 rings (SSSR count). The van der Waals surface area contributed by atoms with Crippen molar-refractivity contribution in [1.82, 2.24) is 0 Å². The summed E-state index contributed by atoms with van der Waals surface area (Å²) in [6.07, 6.45) is 4.04. The van der Waals surface area contributed by atoms with E-state index in [4.69, 9.17) is 5.73 Å². The molecule has 0 aromatic heterocycles. The van der Waals surface area contributed by atoms with Crippen LogP contribution in [0.15, 0.2) is 42.5 Å². The van der Waals surface area contributed by atoms with Gasteiger partial charge in [0.25, 0.3) is 0 Å². The average molecular weight is 257 g/mol. The number of anilines is 1. The van der Waals surface area contributed by atoms with Crippen LogP contribution in [-0.2, 0) is 4.79 Å². The monoisotopic (exact) mass is 257 g/mol. The summed E-state index contributed by atoms with van der Waals surface area (Å²) in [5.74, 6) is 0.702.